The Morgan fingerprint density at radius 2 is 2.17 bits per heavy atom. The number of hydrogen-bond acceptors (Lipinski definition) is 4. The van der Waals surface area contributed by atoms with E-state index in [9.17, 15) is 9.59 Å². The van der Waals surface area contributed by atoms with Gasteiger partial charge in [-0.15, -0.1) is 0 Å². The fourth-order valence-corrected chi connectivity index (χ4v) is 2.68. The molecule has 2 amide bonds. The monoisotopic (exact) mass is 329 g/mol. The molecule has 1 aromatic carbocycles. The third-order valence-electron chi connectivity index (χ3n) is 3.92. The van der Waals surface area contributed by atoms with Crippen molar-refractivity contribution in [1.82, 2.24) is 10.2 Å². The summed E-state index contributed by atoms with van der Waals surface area (Å²) < 4.78 is 5.44. The van der Waals surface area contributed by atoms with Crippen LogP contribution in [0.4, 0.5) is 0 Å². The first kappa shape index (κ1) is 17.8. The van der Waals surface area contributed by atoms with E-state index < -0.39 is 5.91 Å². The van der Waals surface area contributed by atoms with Gasteiger partial charge in [-0.3, -0.25) is 9.59 Å². The van der Waals surface area contributed by atoms with Crippen LogP contribution >= 0.6 is 0 Å². The van der Waals surface area contributed by atoms with Crippen molar-refractivity contribution >= 4 is 11.8 Å². The number of ether oxygens (including phenoxy) is 1. The Labute approximate surface area is 142 Å². The number of nitrogens with two attached hydrogens (primary N) is 1. The molecular weight excluding hydrogens is 306 g/mol. The zero-order chi connectivity index (χ0) is 17.4. The second-order valence-corrected chi connectivity index (χ2v) is 5.82. The first-order valence-electron chi connectivity index (χ1n) is 8.01. The van der Waals surface area contributed by atoms with Crippen molar-refractivity contribution in [2.24, 2.45) is 11.7 Å². The van der Waals surface area contributed by atoms with Crippen molar-refractivity contribution in [1.29, 1.82) is 0 Å². The van der Waals surface area contributed by atoms with Crippen molar-refractivity contribution in [3.63, 3.8) is 0 Å². The molecule has 0 spiro atoms. The highest BCUT2D eigenvalue weighted by Crippen LogP contribution is 2.16. The highest BCUT2D eigenvalue weighted by molar-refractivity contribution is 5.95. The molecule has 6 heteroatoms. The molecule has 2 rings (SSSR count). The Hall–Kier alpha value is -2.52. The summed E-state index contributed by atoms with van der Waals surface area (Å²) in [5.74, 6) is 5.64. The normalized spacial score (nSPS) is 17.5. The quantitative estimate of drug-likeness (QED) is 0.776. The molecule has 1 atom stereocenters. The van der Waals surface area contributed by atoms with Crippen LogP contribution in [0.15, 0.2) is 24.3 Å². The number of carbonyl (C=O) groups is 2. The second-order valence-electron chi connectivity index (χ2n) is 5.82. The molecule has 24 heavy (non-hydrogen) atoms. The number of benzene rings is 1. The van der Waals surface area contributed by atoms with Gasteiger partial charge in [0.15, 0.2) is 0 Å². The van der Waals surface area contributed by atoms with E-state index in [1.807, 2.05) is 7.05 Å². The number of amides is 2. The molecular formula is C18H23N3O3. The summed E-state index contributed by atoms with van der Waals surface area (Å²) in [7, 11) is 2.03. The average Bonchev–Trinajstić information content (AvgIpc) is 2.58. The molecule has 0 bridgehead atoms. The van der Waals surface area contributed by atoms with Crippen LogP contribution in [0.2, 0.25) is 0 Å². The van der Waals surface area contributed by atoms with Gasteiger partial charge in [0.2, 0.25) is 5.91 Å². The molecule has 3 N–H and O–H groups in total. The Kier molecular flexibility index (Phi) is 6.64. The van der Waals surface area contributed by atoms with Crippen LogP contribution in [0.5, 0.6) is 5.75 Å². The summed E-state index contributed by atoms with van der Waals surface area (Å²) in [4.78, 5) is 25.5. The van der Waals surface area contributed by atoms with E-state index in [1.54, 1.807) is 24.3 Å². The number of rotatable bonds is 5. The molecule has 1 fully saturated rings. The predicted octanol–water partition coefficient (Wildman–Crippen LogP) is 0.626. The Bertz CT molecular complexity index is 648. The summed E-state index contributed by atoms with van der Waals surface area (Å²) in [5.41, 5.74) is 5.60. The van der Waals surface area contributed by atoms with Crippen LogP contribution < -0.4 is 15.8 Å². The van der Waals surface area contributed by atoms with Gasteiger partial charge in [0.1, 0.15) is 12.4 Å². The van der Waals surface area contributed by atoms with Crippen molar-refractivity contribution in [3.8, 4) is 17.6 Å². The van der Waals surface area contributed by atoms with E-state index in [-0.39, 0.29) is 18.4 Å². The average molecular weight is 329 g/mol. The minimum atomic E-state index is -0.539. The lowest BCUT2D eigenvalue weighted by atomic mass is 9.98. The summed E-state index contributed by atoms with van der Waals surface area (Å²) in [6, 6.07) is 6.75. The molecule has 0 aliphatic carbocycles. The lowest BCUT2D eigenvalue weighted by Crippen LogP contribution is -2.41. The standard InChI is InChI=1S/C18H23N3O3/c1-21-11-6-7-14(13-21)18(23)20-10-4-5-12-24-16-9-3-2-8-15(16)17(19)22/h2-3,8-9,14H,6-7,10-13H2,1H3,(H2,19,22)(H,20,23)/t14-/m1/s1. The van der Waals surface area contributed by atoms with Crippen LogP contribution in [0.25, 0.3) is 0 Å². The van der Waals surface area contributed by atoms with Crippen molar-refractivity contribution in [3.05, 3.63) is 29.8 Å². The van der Waals surface area contributed by atoms with E-state index in [4.69, 9.17) is 10.5 Å². The Balaban J connectivity index is 1.73. The molecule has 6 nitrogen and oxygen atoms in total. The van der Waals surface area contributed by atoms with Crippen LogP contribution in [-0.4, -0.2) is 50.0 Å². The van der Waals surface area contributed by atoms with E-state index in [2.05, 4.69) is 22.1 Å². The topological polar surface area (TPSA) is 84.7 Å². The number of nitrogens with zero attached hydrogens (tertiary/aromatic N) is 1. The zero-order valence-corrected chi connectivity index (χ0v) is 13.9. The van der Waals surface area contributed by atoms with E-state index in [0.29, 0.717) is 17.9 Å². The third kappa shape index (κ3) is 5.28. The van der Waals surface area contributed by atoms with Crippen LogP contribution in [0.3, 0.4) is 0 Å². The zero-order valence-electron chi connectivity index (χ0n) is 13.9. The number of para-hydroxylation sites is 1. The maximum Gasteiger partial charge on any atom is 0.252 e. The third-order valence-corrected chi connectivity index (χ3v) is 3.92. The fraction of sp³-hybridized carbons (Fsp3) is 0.444. The Morgan fingerprint density at radius 1 is 1.38 bits per heavy atom. The number of nitrogens with one attached hydrogen (secondary N) is 1. The SMILES string of the molecule is CN1CCC[C@@H](C(=O)NCC#CCOc2ccccc2C(N)=O)C1. The maximum absolute atomic E-state index is 12.0. The summed E-state index contributed by atoms with van der Waals surface area (Å²) >= 11 is 0. The lowest BCUT2D eigenvalue weighted by molar-refractivity contribution is -0.126. The first-order valence-corrected chi connectivity index (χ1v) is 8.01. The van der Waals surface area contributed by atoms with Gasteiger partial charge in [-0.25, -0.2) is 0 Å². The second kappa shape index (κ2) is 8.94. The number of piperidine rings is 1. The van der Waals surface area contributed by atoms with Gasteiger partial charge < -0.3 is 20.7 Å². The highest BCUT2D eigenvalue weighted by atomic mass is 16.5. The van der Waals surface area contributed by atoms with E-state index >= 15 is 0 Å². The van der Waals surface area contributed by atoms with E-state index in [0.717, 1.165) is 25.9 Å². The van der Waals surface area contributed by atoms with Gasteiger partial charge in [-0.1, -0.05) is 24.0 Å². The maximum atomic E-state index is 12.0. The van der Waals surface area contributed by atoms with Crippen molar-refractivity contribution < 1.29 is 14.3 Å². The van der Waals surface area contributed by atoms with Gasteiger partial charge in [0, 0.05) is 6.54 Å². The summed E-state index contributed by atoms with van der Waals surface area (Å²) in [6.07, 6.45) is 1.98. The van der Waals surface area contributed by atoms with Crippen LogP contribution in [-0.2, 0) is 4.79 Å². The molecule has 1 heterocycles. The molecule has 0 unspecified atom stereocenters. The molecule has 1 aliphatic heterocycles. The fourth-order valence-electron chi connectivity index (χ4n) is 2.68. The smallest absolute Gasteiger partial charge is 0.252 e. The van der Waals surface area contributed by atoms with Crippen molar-refractivity contribution in [2.75, 3.05) is 33.3 Å². The molecule has 1 aromatic rings. The number of carbonyl (C=O) groups excluding carboxylic acids is 2. The Morgan fingerprint density at radius 3 is 2.92 bits per heavy atom. The van der Waals surface area contributed by atoms with Crippen LogP contribution in [0.1, 0.15) is 23.2 Å². The molecule has 1 aliphatic rings. The number of primary amides is 1. The minimum absolute atomic E-state index is 0.0456. The van der Waals surface area contributed by atoms with E-state index in [1.165, 1.54) is 0 Å². The number of likely N-dealkylation sites (tertiary alicyclic amines) is 1. The van der Waals surface area contributed by atoms with Gasteiger partial charge >= 0.3 is 0 Å². The molecule has 128 valence electrons. The molecule has 0 radical (unpaired) electrons. The van der Waals surface area contributed by atoms with Crippen LogP contribution in [0, 0.1) is 17.8 Å². The largest absolute Gasteiger partial charge is 0.480 e. The highest BCUT2D eigenvalue weighted by Gasteiger charge is 2.23. The number of hydrogen-bond donors (Lipinski definition) is 2. The lowest BCUT2D eigenvalue weighted by Gasteiger charge is -2.28. The molecule has 0 saturated carbocycles. The van der Waals surface area contributed by atoms with Gasteiger partial charge in [-0.2, -0.15) is 0 Å². The van der Waals surface area contributed by atoms with Crippen molar-refractivity contribution in [2.45, 2.75) is 12.8 Å². The predicted molar refractivity (Wildman–Crippen MR) is 91.5 cm³/mol. The molecule has 1 saturated heterocycles. The van der Waals surface area contributed by atoms with Gasteiger partial charge in [-0.05, 0) is 38.6 Å². The summed E-state index contributed by atoms with van der Waals surface area (Å²) in [5, 5.41) is 2.83. The minimum Gasteiger partial charge on any atom is -0.480 e. The molecule has 0 aromatic heterocycles. The first-order chi connectivity index (χ1) is 11.6. The van der Waals surface area contributed by atoms with Gasteiger partial charge in [0.05, 0.1) is 18.0 Å². The summed E-state index contributed by atoms with van der Waals surface area (Å²) in [6.45, 7) is 2.27. The van der Waals surface area contributed by atoms with Gasteiger partial charge in [0.25, 0.3) is 5.91 Å².